The first-order valence-corrected chi connectivity index (χ1v) is 7.93. The average molecular weight is 308 g/mol. The van der Waals surface area contributed by atoms with Crippen molar-refractivity contribution in [3.63, 3.8) is 0 Å². The molecular weight excluding hydrogens is 288 g/mol. The maximum atomic E-state index is 12.6. The molecule has 0 unspecified atom stereocenters. The van der Waals surface area contributed by atoms with E-state index in [1.807, 2.05) is 25.1 Å². The van der Waals surface area contributed by atoms with Gasteiger partial charge in [-0.25, -0.2) is 0 Å². The maximum absolute atomic E-state index is 12.6. The van der Waals surface area contributed by atoms with Gasteiger partial charge in [-0.3, -0.25) is 9.59 Å². The molecule has 1 aliphatic heterocycles. The van der Waals surface area contributed by atoms with Crippen LogP contribution in [-0.2, 0) is 11.2 Å². The van der Waals surface area contributed by atoms with E-state index >= 15 is 0 Å². The maximum Gasteiger partial charge on any atom is 0.226 e. The van der Waals surface area contributed by atoms with Gasteiger partial charge in [0.05, 0.1) is 0 Å². The van der Waals surface area contributed by atoms with E-state index in [-0.39, 0.29) is 11.7 Å². The largest absolute Gasteiger partial charge is 0.399 e. The molecule has 0 bridgehead atoms. The Morgan fingerprint density at radius 3 is 2.48 bits per heavy atom. The van der Waals surface area contributed by atoms with Crippen molar-refractivity contribution >= 4 is 23.1 Å². The van der Waals surface area contributed by atoms with E-state index in [4.69, 9.17) is 5.73 Å². The van der Waals surface area contributed by atoms with Crippen molar-refractivity contribution in [2.24, 2.45) is 0 Å². The van der Waals surface area contributed by atoms with Crippen molar-refractivity contribution in [2.75, 3.05) is 17.2 Å². The number of rotatable bonds is 3. The predicted octanol–water partition coefficient (Wildman–Crippen LogP) is 3.19. The summed E-state index contributed by atoms with van der Waals surface area (Å²) >= 11 is 0. The highest BCUT2D eigenvalue weighted by molar-refractivity contribution is 6.10. The SMILES string of the molecule is CCC(=O)N1CCCc2ccc(C(=O)c3ccc(N)cc3)cc21. The van der Waals surface area contributed by atoms with Crippen molar-refractivity contribution in [1.29, 1.82) is 0 Å². The molecule has 4 nitrogen and oxygen atoms in total. The summed E-state index contributed by atoms with van der Waals surface area (Å²) in [7, 11) is 0. The molecule has 2 aromatic carbocycles. The lowest BCUT2D eigenvalue weighted by Gasteiger charge is -2.29. The zero-order valence-electron chi connectivity index (χ0n) is 13.2. The van der Waals surface area contributed by atoms with Gasteiger partial charge in [-0.15, -0.1) is 0 Å². The Bertz CT molecular complexity index is 750. The van der Waals surface area contributed by atoms with Crippen LogP contribution in [0.3, 0.4) is 0 Å². The Morgan fingerprint density at radius 1 is 1.09 bits per heavy atom. The van der Waals surface area contributed by atoms with E-state index in [9.17, 15) is 9.59 Å². The Balaban J connectivity index is 1.97. The van der Waals surface area contributed by atoms with E-state index in [2.05, 4.69) is 0 Å². The molecule has 23 heavy (non-hydrogen) atoms. The molecule has 0 radical (unpaired) electrons. The van der Waals surface area contributed by atoms with Gasteiger partial charge in [-0.1, -0.05) is 19.1 Å². The summed E-state index contributed by atoms with van der Waals surface area (Å²) in [6, 6.07) is 12.6. The smallest absolute Gasteiger partial charge is 0.226 e. The van der Waals surface area contributed by atoms with Gasteiger partial charge in [0.1, 0.15) is 0 Å². The van der Waals surface area contributed by atoms with Gasteiger partial charge in [-0.05, 0) is 48.7 Å². The van der Waals surface area contributed by atoms with Crippen LogP contribution >= 0.6 is 0 Å². The first-order chi connectivity index (χ1) is 11.1. The zero-order valence-corrected chi connectivity index (χ0v) is 13.2. The van der Waals surface area contributed by atoms with Crippen LogP contribution in [0.4, 0.5) is 11.4 Å². The Kier molecular flexibility index (Phi) is 4.15. The third-order valence-corrected chi connectivity index (χ3v) is 4.24. The third-order valence-electron chi connectivity index (χ3n) is 4.24. The minimum atomic E-state index is -0.0535. The number of ketones is 1. The van der Waals surface area contributed by atoms with Gasteiger partial charge in [0, 0.05) is 35.5 Å². The molecule has 1 heterocycles. The summed E-state index contributed by atoms with van der Waals surface area (Å²) in [6.07, 6.45) is 2.37. The number of nitrogen functional groups attached to an aromatic ring is 1. The number of amides is 1. The fraction of sp³-hybridized carbons (Fsp3) is 0.263. The summed E-state index contributed by atoms with van der Waals surface area (Å²) in [4.78, 5) is 26.6. The van der Waals surface area contributed by atoms with Crippen molar-refractivity contribution < 1.29 is 9.59 Å². The van der Waals surface area contributed by atoms with Gasteiger partial charge < -0.3 is 10.6 Å². The highest BCUT2D eigenvalue weighted by atomic mass is 16.2. The lowest BCUT2D eigenvalue weighted by atomic mass is 9.96. The first-order valence-electron chi connectivity index (χ1n) is 7.93. The second-order valence-electron chi connectivity index (χ2n) is 5.80. The zero-order chi connectivity index (χ0) is 16.4. The average Bonchev–Trinajstić information content (AvgIpc) is 2.60. The van der Waals surface area contributed by atoms with Crippen molar-refractivity contribution in [1.82, 2.24) is 0 Å². The summed E-state index contributed by atoms with van der Waals surface area (Å²) in [6.45, 7) is 2.58. The summed E-state index contributed by atoms with van der Waals surface area (Å²) in [5, 5.41) is 0. The highest BCUT2D eigenvalue weighted by Gasteiger charge is 2.22. The number of fused-ring (bicyclic) bond motifs is 1. The Morgan fingerprint density at radius 2 is 1.78 bits per heavy atom. The van der Waals surface area contributed by atoms with E-state index < -0.39 is 0 Å². The van der Waals surface area contributed by atoms with Gasteiger partial charge in [0.2, 0.25) is 5.91 Å². The second kappa shape index (κ2) is 6.24. The van der Waals surface area contributed by atoms with E-state index in [1.54, 1.807) is 29.2 Å². The minimum absolute atomic E-state index is 0.0535. The van der Waals surface area contributed by atoms with Crippen LogP contribution < -0.4 is 10.6 Å². The fourth-order valence-electron chi connectivity index (χ4n) is 2.97. The van der Waals surface area contributed by atoms with Crippen LogP contribution in [0.2, 0.25) is 0 Å². The molecule has 1 amide bonds. The van der Waals surface area contributed by atoms with Crippen LogP contribution in [0.5, 0.6) is 0 Å². The molecule has 0 spiro atoms. The topological polar surface area (TPSA) is 63.4 Å². The molecule has 0 aromatic heterocycles. The summed E-state index contributed by atoms with van der Waals surface area (Å²) in [5.74, 6) is 0.0466. The molecular formula is C19H20N2O2. The lowest BCUT2D eigenvalue weighted by Crippen LogP contribution is -2.35. The number of carbonyl (C=O) groups is 2. The van der Waals surface area contributed by atoms with E-state index in [1.165, 1.54) is 0 Å². The number of carbonyl (C=O) groups excluding carboxylic acids is 2. The third kappa shape index (κ3) is 2.97. The molecule has 0 fully saturated rings. The van der Waals surface area contributed by atoms with Crippen LogP contribution in [0, 0.1) is 0 Å². The number of aryl methyl sites for hydroxylation is 1. The molecule has 3 rings (SSSR count). The minimum Gasteiger partial charge on any atom is -0.399 e. The van der Waals surface area contributed by atoms with Crippen LogP contribution in [-0.4, -0.2) is 18.2 Å². The first kappa shape index (κ1) is 15.3. The van der Waals surface area contributed by atoms with Crippen LogP contribution in [0.1, 0.15) is 41.3 Å². The molecule has 1 aliphatic rings. The summed E-state index contributed by atoms with van der Waals surface area (Å²) < 4.78 is 0. The molecule has 0 saturated carbocycles. The predicted molar refractivity (Wildman–Crippen MR) is 91.7 cm³/mol. The van der Waals surface area contributed by atoms with Crippen LogP contribution in [0.25, 0.3) is 0 Å². The fourth-order valence-corrected chi connectivity index (χ4v) is 2.97. The number of anilines is 2. The number of nitrogens with zero attached hydrogens (tertiary/aromatic N) is 1. The highest BCUT2D eigenvalue weighted by Crippen LogP contribution is 2.29. The number of benzene rings is 2. The molecule has 4 heteroatoms. The number of nitrogens with two attached hydrogens (primary N) is 1. The summed E-state index contributed by atoms with van der Waals surface area (Å²) in [5.41, 5.74) is 9.51. The van der Waals surface area contributed by atoms with Gasteiger partial charge >= 0.3 is 0 Å². The standard InChI is InChI=1S/C19H20N2O2/c1-2-18(22)21-11-3-4-13-5-6-15(12-17(13)21)19(23)14-7-9-16(20)10-8-14/h5-10,12H,2-4,11,20H2,1H3. The van der Waals surface area contributed by atoms with Crippen molar-refractivity contribution in [3.8, 4) is 0 Å². The monoisotopic (exact) mass is 308 g/mol. The van der Waals surface area contributed by atoms with Crippen molar-refractivity contribution in [2.45, 2.75) is 26.2 Å². The Hall–Kier alpha value is -2.62. The van der Waals surface area contributed by atoms with Crippen molar-refractivity contribution in [3.05, 3.63) is 59.2 Å². The van der Waals surface area contributed by atoms with Gasteiger partial charge in [0.25, 0.3) is 0 Å². The second-order valence-corrected chi connectivity index (χ2v) is 5.80. The molecule has 118 valence electrons. The number of hydrogen-bond donors (Lipinski definition) is 1. The lowest BCUT2D eigenvalue weighted by molar-refractivity contribution is -0.118. The van der Waals surface area contributed by atoms with E-state index in [0.717, 1.165) is 30.6 Å². The normalized spacial score (nSPS) is 13.5. The molecule has 0 saturated heterocycles. The van der Waals surface area contributed by atoms with E-state index in [0.29, 0.717) is 23.2 Å². The number of hydrogen-bond acceptors (Lipinski definition) is 3. The molecule has 0 aliphatic carbocycles. The van der Waals surface area contributed by atoms with Gasteiger partial charge in [0.15, 0.2) is 5.78 Å². The Labute approximate surface area is 135 Å². The van der Waals surface area contributed by atoms with Gasteiger partial charge in [-0.2, -0.15) is 0 Å². The quantitative estimate of drug-likeness (QED) is 0.699. The molecule has 0 atom stereocenters. The molecule has 2 N–H and O–H groups in total. The molecule has 2 aromatic rings. The van der Waals surface area contributed by atoms with Crippen LogP contribution in [0.15, 0.2) is 42.5 Å².